The van der Waals surface area contributed by atoms with E-state index in [-0.39, 0.29) is 24.5 Å². The number of rotatable bonds is 9. The van der Waals surface area contributed by atoms with Crippen molar-refractivity contribution < 1.29 is 23.8 Å². The number of carbonyl (C=O) groups is 2. The summed E-state index contributed by atoms with van der Waals surface area (Å²) in [4.78, 5) is 24.8. The fourth-order valence-corrected chi connectivity index (χ4v) is 2.28. The van der Waals surface area contributed by atoms with Gasteiger partial charge in [-0.25, -0.2) is 4.39 Å². The monoisotopic (exact) mass is 337 g/mol. The predicted molar refractivity (Wildman–Crippen MR) is 86.9 cm³/mol. The molecule has 130 valence electrons. The molecule has 0 saturated heterocycles. The van der Waals surface area contributed by atoms with Crippen LogP contribution in [0.2, 0.25) is 0 Å². The Balaban J connectivity index is 2.13. The Labute approximate surface area is 139 Å². The Morgan fingerprint density at radius 2 is 2.12 bits per heavy atom. The summed E-state index contributed by atoms with van der Waals surface area (Å²) in [6.45, 7) is 0.706. The maximum absolute atomic E-state index is 14.1. The van der Waals surface area contributed by atoms with Gasteiger partial charge in [0.15, 0.2) is 0 Å². The summed E-state index contributed by atoms with van der Waals surface area (Å²) in [5.74, 6) is -1.68. The molecule has 1 heterocycles. The van der Waals surface area contributed by atoms with E-state index >= 15 is 0 Å². The minimum absolute atomic E-state index is 0.0292. The van der Waals surface area contributed by atoms with E-state index in [0.717, 1.165) is 17.4 Å². The number of imide groups is 1. The summed E-state index contributed by atoms with van der Waals surface area (Å²) in [5, 5.41) is 14.6. The number of ether oxygens (including phenoxy) is 1. The van der Waals surface area contributed by atoms with Gasteiger partial charge in [-0.05, 0) is 18.6 Å². The molecule has 0 radical (unpaired) electrons. The van der Waals surface area contributed by atoms with Crippen LogP contribution in [0, 0.1) is 5.82 Å². The van der Waals surface area contributed by atoms with Crippen LogP contribution in [0.1, 0.15) is 6.42 Å². The molecule has 0 aliphatic carbocycles. The standard InChI is InChI=1S/C16H20FN3O4/c1-24-9-3-6-18-12-5-2-4-11(17)15(12)19-13-10-14(22)20(7-8-21)16(13)23/h2,4-5,10,18-19,21H,3,6-9H2,1H3. The number of aliphatic hydroxyl groups is 1. The van der Waals surface area contributed by atoms with E-state index in [9.17, 15) is 14.0 Å². The first-order chi connectivity index (χ1) is 11.6. The van der Waals surface area contributed by atoms with E-state index in [2.05, 4.69) is 10.6 Å². The molecule has 0 spiro atoms. The van der Waals surface area contributed by atoms with Crippen LogP contribution < -0.4 is 10.6 Å². The summed E-state index contributed by atoms with van der Waals surface area (Å²) < 4.78 is 19.1. The Morgan fingerprint density at radius 1 is 1.33 bits per heavy atom. The third kappa shape index (κ3) is 4.09. The Morgan fingerprint density at radius 3 is 2.83 bits per heavy atom. The van der Waals surface area contributed by atoms with Gasteiger partial charge in [0, 0.05) is 26.3 Å². The van der Waals surface area contributed by atoms with E-state index in [1.807, 2.05) is 0 Å². The molecule has 24 heavy (non-hydrogen) atoms. The van der Waals surface area contributed by atoms with E-state index in [4.69, 9.17) is 9.84 Å². The van der Waals surface area contributed by atoms with Gasteiger partial charge >= 0.3 is 0 Å². The first kappa shape index (κ1) is 17.9. The van der Waals surface area contributed by atoms with Crippen molar-refractivity contribution in [3.63, 3.8) is 0 Å². The molecule has 2 rings (SSSR count). The number of nitrogens with zero attached hydrogens (tertiary/aromatic N) is 1. The highest BCUT2D eigenvalue weighted by molar-refractivity contribution is 6.17. The average molecular weight is 337 g/mol. The smallest absolute Gasteiger partial charge is 0.277 e. The average Bonchev–Trinajstić information content (AvgIpc) is 2.82. The lowest BCUT2D eigenvalue weighted by Gasteiger charge is -2.16. The second-order valence-corrected chi connectivity index (χ2v) is 5.14. The molecule has 3 N–H and O–H groups in total. The number of para-hydroxylation sites is 1. The van der Waals surface area contributed by atoms with Gasteiger partial charge in [-0.2, -0.15) is 0 Å². The molecular formula is C16H20FN3O4. The summed E-state index contributed by atoms with van der Waals surface area (Å²) in [6.07, 6.45) is 1.83. The number of methoxy groups -OCH3 is 1. The number of β-amino-alcohol motifs (C(OH)–C–C–N with tert-alkyl or cyclic N) is 1. The molecule has 0 bridgehead atoms. The molecule has 1 aromatic rings. The third-order valence-electron chi connectivity index (χ3n) is 3.45. The van der Waals surface area contributed by atoms with Crippen LogP contribution in [0.4, 0.5) is 15.8 Å². The van der Waals surface area contributed by atoms with Crippen LogP contribution >= 0.6 is 0 Å². The highest BCUT2D eigenvalue weighted by Gasteiger charge is 2.31. The van der Waals surface area contributed by atoms with Crippen LogP contribution in [0.25, 0.3) is 0 Å². The molecule has 0 saturated carbocycles. The molecule has 0 atom stereocenters. The van der Waals surface area contributed by atoms with Crippen molar-refractivity contribution in [3.05, 3.63) is 35.8 Å². The third-order valence-corrected chi connectivity index (χ3v) is 3.45. The van der Waals surface area contributed by atoms with Crippen molar-refractivity contribution >= 4 is 23.2 Å². The summed E-state index contributed by atoms with van der Waals surface area (Å²) in [5.41, 5.74) is 0.541. The fraction of sp³-hybridized carbons (Fsp3) is 0.375. The quantitative estimate of drug-likeness (QED) is 0.459. The molecule has 7 nitrogen and oxygen atoms in total. The molecule has 1 aromatic carbocycles. The lowest BCUT2D eigenvalue weighted by molar-refractivity contribution is -0.137. The predicted octanol–water partition coefficient (Wildman–Crippen LogP) is 0.931. The van der Waals surface area contributed by atoms with Gasteiger partial charge in [-0.1, -0.05) is 6.07 Å². The number of nitrogens with one attached hydrogen (secondary N) is 2. The fourth-order valence-electron chi connectivity index (χ4n) is 2.28. The van der Waals surface area contributed by atoms with E-state index in [1.54, 1.807) is 19.2 Å². The van der Waals surface area contributed by atoms with Crippen LogP contribution in [0.5, 0.6) is 0 Å². The second-order valence-electron chi connectivity index (χ2n) is 5.14. The molecule has 1 aliphatic heterocycles. The lowest BCUT2D eigenvalue weighted by atomic mass is 10.2. The van der Waals surface area contributed by atoms with Gasteiger partial charge in [-0.15, -0.1) is 0 Å². The van der Waals surface area contributed by atoms with E-state index < -0.39 is 17.6 Å². The zero-order valence-corrected chi connectivity index (χ0v) is 13.3. The van der Waals surface area contributed by atoms with Crippen molar-refractivity contribution in [2.24, 2.45) is 0 Å². The number of amides is 2. The summed E-state index contributed by atoms with van der Waals surface area (Å²) in [7, 11) is 1.60. The number of halogens is 1. The first-order valence-electron chi connectivity index (χ1n) is 7.55. The molecule has 2 amide bonds. The number of anilines is 2. The minimum Gasteiger partial charge on any atom is -0.395 e. The first-order valence-corrected chi connectivity index (χ1v) is 7.55. The number of carbonyl (C=O) groups excluding carboxylic acids is 2. The molecule has 0 fully saturated rings. The number of hydrogen-bond acceptors (Lipinski definition) is 6. The van der Waals surface area contributed by atoms with Gasteiger partial charge < -0.3 is 20.5 Å². The topological polar surface area (TPSA) is 90.9 Å². The van der Waals surface area contributed by atoms with E-state index in [0.29, 0.717) is 18.8 Å². The van der Waals surface area contributed by atoms with Crippen LogP contribution in [0.15, 0.2) is 30.0 Å². The Bertz CT molecular complexity index is 648. The molecular weight excluding hydrogens is 317 g/mol. The molecule has 1 aliphatic rings. The Hall–Kier alpha value is -2.45. The van der Waals surface area contributed by atoms with Crippen LogP contribution in [-0.4, -0.2) is 55.2 Å². The number of benzene rings is 1. The van der Waals surface area contributed by atoms with Crippen molar-refractivity contribution in [1.29, 1.82) is 0 Å². The van der Waals surface area contributed by atoms with Gasteiger partial charge in [0.2, 0.25) is 0 Å². The zero-order chi connectivity index (χ0) is 17.5. The Kier molecular flexibility index (Phi) is 6.28. The SMILES string of the molecule is COCCCNc1cccc(F)c1NC1=CC(=O)N(CCO)C1=O. The van der Waals surface area contributed by atoms with Crippen LogP contribution in [-0.2, 0) is 14.3 Å². The van der Waals surface area contributed by atoms with Crippen molar-refractivity contribution in [2.45, 2.75) is 6.42 Å². The summed E-state index contributed by atoms with van der Waals surface area (Å²) >= 11 is 0. The molecule has 8 heteroatoms. The highest BCUT2D eigenvalue weighted by Crippen LogP contribution is 2.28. The largest absolute Gasteiger partial charge is 0.395 e. The van der Waals surface area contributed by atoms with Crippen LogP contribution in [0.3, 0.4) is 0 Å². The lowest BCUT2D eigenvalue weighted by Crippen LogP contribution is -2.34. The number of aliphatic hydroxyl groups excluding tert-OH is 1. The highest BCUT2D eigenvalue weighted by atomic mass is 19.1. The van der Waals surface area contributed by atoms with Gasteiger partial charge in [0.05, 0.1) is 24.5 Å². The molecule has 0 unspecified atom stereocenters. The maximum Gasteiger partial charge on any atom is 0.277 e. The van der Waals surface area contributed by atoms with Gasteiger partial charge in [0.25, 0.3) is 11.8 Å². The van der Waals surface area contributed by atoms with Crippen molar-refractivity contribution in [3.8, 4) is 0 Å². The van der Waals surface area contributed by atoms with Gasteiger partial charge in [0.1, 0.15) is 11.5 Å². The van der Waals surface area contributed by atoms with Crippen molar-refractivity contribution in [2.75, 3.05) is 44.0 Å². The molecule has 0 aromatic heterocycles. The van der Waals surface area contributed by atoms with Crippen molar-refractivity contribution in [1.82, 2.24) is 4.90 Å². The van der Waals surface area contributed by atoms with E-state index in [1.165, 1.54) is 6.07 Å². The van der Waals surface area contributed by atoms with Gasteiger partial charge in [-0.3, -0.25) is 14.5 Å². The normalized spacial score (nSPS) is 14.1. The zero-order valence-electron chi connectivity index (χ0n) is 13.3. The maximum atomic E-state index is 14.1. The second kappa shape index (κ2) is 8.42. The summed E-state index contributed by atoms with van der Waals surface area (Å²) in [6, 6.07) is 4.48. The minimum atomic E-state index is -0.595. The number of hydrogen-bond donors (Lipinski definition) is 3.